The molecule has 2 aromatic rings. The van der Waals surface area contributed by atoms with Gasteiger partial charge in [-0.15, -0.1) is 0 Å². The molecule has 0 atom stereocenters. The van der Waals surface area contributed by atoms with E-state index in [0.717, 1.165) is 12.2 Å². The van der Waals surface area contributed by atoms with Gasteiger partial charge in [0, 0.05) is 23.7 Å². The number of fused-ring (bicyclic) bond motifs is 1. The Bertz CT molecular complexity index is 625. The second-order valence-corrected chi connectivity index (χ2v) is 6.19. The zero-order valence-corrected chi connectivity index (χ0v) is 12.8. The highest BCUT2D eigenvalue weighted by atomic mass is 14.9. The first kappa shape index (κ1) is 13.6. The van der Waals surface area contributed by atoms with Crippen molar-refractivity contribution in [3.05, 3.63) is 40.6 Å². The van der Waals surface area contributed by atoms with Gasteiger partial charge in [0.05, 0.1) is 5.52 Å². The van der Waals surface area contributed by atoms with Crippen molar-refractivity contribution in [2.45, 2.75) is 59.0 Å². The predicted octanol–water partition coefficient (Wildman–Crippen LogP) is 4.19. The lowest BCUT2D eigenvalue weighted by molar-refractivity contribution is 0.525. The largest absolute Gasteiger partial charge is 0.310 e. The van der Waals surface area contributed by atoms with Crippen molar-refractivity contribution in [3.8, 4) is 0 Å². The van der Waals surface area contributed by atoms with E-state index < -0.39 is 0 Å². The molecule has 0 unspecified atom stereocenters. The summed E-state index contributed by atoms with van der Waals surface area (Å²) >= 11 is 0. The van der Waals surface area contributed by atoms with Crippen LogP contribution >= 0.6 is 0 Å². The van der Waals surface area contributed by atoms with Gasteiger partial charge >= 0.3 is 0 Å². The van der Waals surface area contributed by atoms with Gasteiger partial charge in [0.25, 0.3) is 0 Å². The highest BCUT2D eigenvalue weighted by Gasteiger charge is 2.15. The minimum Gasteiger partial charge on any atom is -0.310 e. The number of benzene rings is 1. The van der Waals surface area contributed by atoms with E-state index in [4.69, 9.17) is 4.98 Å². The van der Waals surface area contributed by atoms with Gasteiger partial charge in [-0.1, -0.05) is 25.0 Å². The molecule has 20 heavy (non-hydrogen) atoms. The van der Waals surface area contributed by atoms with Crippen LogP contribution in [-0.4, -0.2) is 11.0 Å². The normalized spacial score (nSPS) is 16.1. The van der Waals surface area contributed by atoms with Crippen LogP contribution in [-0.2, 0) is 6.54 Å². The molecule has 106 valence electrons. The van der Waals surface area contributed by atoms with Crippen molar-refractivity contribution in [1.29, 1.82) is 0 Å². The van der Waals surface area contributed by atoms with E-state index in [-0.39, 0.29) is 0 Å². The van der Waals surface area contributed by atoms with Crippen LogP contribution in [0.3, 0.4) is 0 Å². The average Bonchev–Trinajstić information content (AvgIpc) is 2.94. The second kappa shape index (κ2) is 5.53. The van der Waals surface area contributed by atoms with Crippen LogP contribution in [0.1, 0.15) is 48.1 Å². The summed E-state index contributed by atoms with van der Waals surface area (Å²) in [4.78, 5) is 4.75. The number of aryl methyl sites for hydroxylation is 3. The zero-order chi connectivity index (χ0) is 14.1. The van der Waals surface area contributed by atoms with Crippen LogP contribution < -0.4 is 5.32 Å². The molecule has 0 amide bonds. The molecule has 1 aliphatic carbocycles. The minimum atomic E-state index is 0.713. The Kier molecular flexibility index (Phi) is 3.75. The van der Waals surface area contributed by atoms with E-state index in [0.29, 0.717) is 6.04 Å². The second-order valence-electron chi connectivity index (χ2n) is 6.19. The van der Waals surface area contributed by atoms with E-state index in [2.05, 4.69) is 44.3 Å². The Morgan fingerprint density at radius 1 is 1.15 bits per heavy atom. The first-order valence-electron chi connectivity index (χ1n) is 7.75. The van der Waals surface area contributed by atoms with E-state index in [9.17, 15) is 0 Å². The first-order valence-corrected chi connectivity index (χ1v) is 7.75. The van der Waals surface area contributed by atoms with Gasteiger partial charge in [-0.3, -0.25) is 4.98 Å². The van der Waals surface area contributed by atoms with Gasteiger partial charge in [0.15, 0.2) is 0 Å². The molecule has 1 N–H and O–H groups in total. The summed E-state index contributed by atoms with van der Waals surface area (Å²) in [5, 5.41) is 5.03. The number of hydrogen-bond acceptors (Lipinski definition) is 2. The number of pyridine rings is 1. The lowest BCUT2D eigenvalue weighted by Gasteiger charge is -2.15. The van der Waals surface area contributed by atoms with Crippen molar-refractivity contribution in [1.82, 2.24) is 10.3 Å². The van der Waals surface area contributed by atoms with Gasteiger partial charge in [-0.2, -0.15) is 0 Å². The van der Waals surface area contributed by atoms with Crippen molar-refractivity contribution in [3.63, 3.8) is 0 Å². The highest BCUT2D eigenvalue weighted by molar-refractivity contribution is 5.86. The third-order valence-electron chi connectivity index (χ3n) is 4.66. The number of nitrogens with one attached hydrogen (secondary N) is 1. The molecule has 1 fully saturated rings. The average molecular weight is 268 g/mol. The van der Waals surface area contributed by atoms with Crippen LogP contribution in [0.2, 0.25) is 0 Å². The fourth-order valence-electron chi connectivity index (χ4n) is 3.27. The molecule has 3 rings (SSSR count). The van der Waals surface area contributed by atoms with Gasteiger partial charge in [-0.05, 0) is 56.4 Å². The maximum absolute atomic E-state index is 4.75. The van der Waals surface area contributed by atoms with Gasteiger partial charge < -0.3 is 5.32 Å². The predicted molar refractivity (Wildman–Crippen MR) is 85.0 cm³/mol. The van der Waals surface area contributed by atoms with Crippen LogP contribution in [0.25, 0.3) is 10.9 Å². The maximum Gasteiger partial charge on any atom is 0.0740 e. The first-order chi connectivity index (χ1) is 9.65. The smallest absolute Gasteiger partial charge is 0.0740 e. The lowest BCUT2D eigenvalue weighted by atomic mass is 10.0. The highest BCUT2D eigenvalue weighted by Crippen LogP contribution is 2.25. The monoisotopic (exact) mass is 268 g/mol. The Morgan fingerprint density at radius 2 is 1.90 bits per heavy atom. The third-order valence-corrected chi connectivity index (χ3v) is 4.66. The molecule has 0 bridgehead atoms. The topological polar surface area (TPSA) is 24.9 Å². The van der Waals surface area contributed by atoms with Gasteiger partial charge in [0.1, 0.15) is 0 Å². The van der Waals surface area contributed by atoms with Crippen LogP contribution in [0.15, 0.2) is 18.2 Å². The fourth-order valence-corrected chi connectivity index (χ4v) is 3.27. The number of nitrogens with zero attached hydrogens (tertiary/aromatic N) is 1. The summed E-state index contributed by atoms with van der Waals surface area (Å²) in [5.41, 5.74) is 6.32. The molecule has 0 saturated heterocycles. The van der Waals surface area contributed by atoms with E-state index in [1.54, 1.807) is 0 Å². The summed E-state index contributed by atoms with van der Waals surface area (Å²) in [6.07, 6.45) is 5.43. The lowest BCUT2D eigenvalue weighted by Crippen LogP contribution is -2.25. The molecule has 1 aliphatic rings. The molecule has 0 spiro atoms. The van der Waals surface area contributed by atoms with E-state index >= 15 is 0 Å². The van der Waals surface area contributed by atoms with E-state index in [1.165, 1.54) is 53.3 Å². The summed E-state index contributed by atoms with van der Waals surface area (Å²) in [5.74, 6) is 0. The minimum absolute atomic E-state index is 0.713. The zero-order valence-electron chi connectivity index (χ0n) is 12.8. The summed E-state index contributed by atoms with van der Waals surface area (Å²) in [6, 6.07) is 7.40. The van der Waals surface area contributed by atoms with Crippen molar-refractivity contribution < 1.29 is 0 Å². The number of hydrogen-bond donors (Lipinski definition) is 1. The molecule has 1 saturated carbocycles. The Balaban J connectivity index is 1.95. The molecule has 1 aromatic heterocycles. The van der Waals surface area contributed by atoms with Gasteiger partial charge in [-0.25, -0.2) is 0 Å². The molecule has 0 aliphatic heterocycles. The molecule has 1 aromatic carbocycles. The van der Waals surface area contributed by atoms with Crippen LogP contribution in [0.4, 0.5) is 0 Å². The maximum atomic E-state index is 4.75. The molecule has 2 heteroatoms. The molecular formula is C18H24N2. The summed E-state index contributed by atoms with van der Waals surface area (Å²) in [6.45, 7) is 7.40. The Morgan fingerprint density at radius 3 is 2.65 bits per heavy atom. The van der Waals surface area contributed by atoms with Crippen molar-refractivity contribution in [2.24, 2.45) is 0 Å². The summed E-state index contributed by atoms with van der Waals surface area (Å²) in [7, 11) is 0. The summed E-state index contributed by atoms with van der Waals surface area (Å²) < 4.78 is 0. The standard InChI is InChI=1S/C18H24N2/c1-12-8-9-17-15(11-19-16-6-4-5-7-16)10-13(2)20-18(17)14(12)3/h8-10,16,19H,4-7,11H2,1-3H3. The molecular weight excluding hydrogens is 244 g/mol. The van der Waals surface area contributed by atoms with Gasteiger partial charge in [0.2, 0.25) is 0 Å². The van der Waals surface area contributed by atoms with Crippen molar-refractivity contribution >= 4 is 10.9 Å². The number of aromatic nitrogens is 1. The SMILES string of the molecule is Cc1cc(CNC2CCCC2)c2ccc(C)c(C)c2n1. The van der Waals surface area contributed by atoms with E-state index in [1.807, 2.05) is 0 Å². The quantitative estimate of drug-likeness (QED) is 0.902. The van der Waals surface area contributed by atoms with Crippen LogP contribution in [0, 0.1) is 20.8 Å². The van der Waals surface area contributed by atoms with Crippen LogP contribution in [0.5, 0.6) is 0 Å². The third kappa shape index (κ3) is 2.57. The molecule has 2 nitrogen and oxygen atoms in total. The van der Waals surface area contributed by atoms with Crippen molar-refractivity contribution in [2.75, 3.05) is 0 Å². The molecule has 1 heterocycles. The molecule has 0 radical (unpaired) electrons. The number of rotatable bonds is 3. The fraction of sp³-hybridized carbons (Fsp3) is 0.500. The Hall–Kier alpha value is -1.41. The Labute approximate surface area is 121 Å².